The fourth-order valence-corrected chi connectivity index (χ4v) is 3.81. The minimum absolute atomic E-state index is 0.751. The number of nitrogens with zero attached hydrogens (tertiary/aromatic N) is 3. The van der Waals surface area contributed by atoms with Gasteiger partial charge in [0.15, 0.2) is 0 Å². The Morgan fingerprint density at radius 1 is 0.880 bits per heavy atom. The molecule has 0 spiro atoms. The van der Waals surface area contributed by atoms with Gasteiger partial charge in [0.25, 0.3) is 0 Å². The maximum absolute atomic E-state index is 6.07. The van der Waals surface area contributed by atoms with Crippen molar-refractivity contribution in [2.75, 3.05) is 0 Å². The molecule has 0 amide bonds. The second kappa shape index (κ2) is 7.21. The minimum atomic E-state index is 0.751. The van der Waals surface area contributed by atoms with Gasteiger partial charge in [0.2, 0.25) is 0 Å². The number of thioether (sulfide) groups is 1. The van der Waals surface area contributed by atoms with Gasteiger partial charge in [-0.15, -0.1) is 10.2 Å². The van der Waals surface area contributed by atoms with Gasteiger partial charge >= 0.3 is 0 Å². The molecule has 0 radical (unpaired) electrons. The van der Waals surface area contributed by atoms with Crippen LogP contribution in [0.3, 0.4) is 0 Å². The lowest BCUT2D eigenvalue weighted by Gasteiger charge is -2.09. The third-order valence-corrected chi connectivity index (χ3v) is 5.14. The fourth-order valence-electron chi connectivity index (χ4n) is 2.68. The van der Waals surface area contributed by atoms with E-state index in [1.165, 1.54) is 5.56 Å². The first-order valence-electron chi connectivity index (χ1n) is 7.84. The number of halogens is 1. The summed E-state index contributed by atoms with van der Waals surface area (Å²) in [5, 5.41) is 12.8. The molecule has 0 aliphatic carbocycles. The van der Waals surface area contributed by atoms with Crippen molar-refractivity contribution < 1.29 is 0 Å². The quantitative estimate of drug-likeness (QED) is 0.440. The van der Waals surface area contributed by atoms with E-state index in [2.05, 4.69) is 33.4 Å². The third kappa shape index (κ3) is 3.50. The van der Waals surface area contributed by atoms with Crippen LogP contribution in [0.25, 0.3) is 22.0 Å². The predicted octanol–water partition coefficient (Wildman–Crippen LogP) is 5.64. The normalized spacial score (nSPS) is 10.9. The Hall–Kier alpha value is -2.43. The van der Waals surface area contributed by atoms with E-state index in [-0.39, 0.29) is 0 Å². The summed E-state index contributed by atoms with van der Waals surface area (Å²) in [5.74, 6) is 0.797. The number of aromatic nitrogens is 3. The minimum Gasteiger partial charge on any atom is -0.264 e. The molecule has 0 aliphatic heterocycles. The summed E-state index contributed by atoms with van der Waals surface area (Å²) >= 11 is 7.73. The zero-order valence-electron chi connectivity index (χ0n) is 13.3. The van der Waals surface area contributed by atoms with Crippen molar-refractivity contribution in [3.05, 3.63) is 83.6 Å². The number of benzene rings is 2. The molecule has 5 heteroatoms. The van der Waals surface area contributed by atoms with Crippen LogP contribution in [-0.4, -0.2) is 15.2 Å². The lowest BCUT2D eigenvalue weighted by atomic mass is 10.1. The molecule has 0 atom stereocenters. The van der Waals surface area contributed by atoms with E-state index in [4.69, 9.17) is 11.6 Å². The lowest BCUT2D eigenvalue weighted by Crippen LogP contribution is -1.94. The van der Waals surface area contributed by atoms with E-state index in [1.807, 2.05) is 48.7 Å². The van der Waals surface area contributed by atoms with Crippen molar-refractivity contribution in [2.24, 2.45) is 0 Å². The topological polar surface area (TPSA) is 38.7 Å². The fraction of sp³-hybridized carbons (Fsp3) is 0.0500. The van der Waals surface area contributed by atoms with Gasteiger partial charge in [-0.1, -0.05) is 59.8 Å². The molecule has 0 saturated heterocycles. The third-order valence-electron chi connectivity index (χ3n) is 3.85. The van der Waals surface area contributed by atoms with Gasteiger partial charge in [0.1, 0.15) is 10.7 Å². The molecule has 4 rings (SSSR count). The Kier molecular flexibility index (Phi) is 4.63. The maximum atomic E-state index is 6.07. The van der Waals surface area contributed by atoms with Crippen molar-refractivity contribution in [3.63, 3.8) is 0 Å². The van der Waals surface area contributed by atoms with E-state index in [1.54, 1.807) is 18.0 Å². The highest BCUT2D eigenvalue weighted by Gasteiger charge is 2.11. The smallest absolute Gasteiger partial charge is 0.127 e. The first-order chi connectivity index (χ1) is 12.3. The Labute approximate surface area is 155 Å². The van der Waals surface area contributed by atoms with Gasteiger partial charge < -0.3 is 0 Å². The van der Waals surface area contributed by atoms with Crippen molar-refractivity contribution >= 4 is 34.1 Å². The van der Waals surface area contributed by atoms with E-state index in [9.17, 15) is 0 Å². The Morgan fingerprint density at radius 2 is 1.76 bits per heavy atom. The Bertz CT molecular complexity index is 1020. The lowest BCUT2D eigenvalue weighted by molar-refractivity contribution is 0.960. The van der Waals surface area contributed by atoms with E-state index in [0.29, 0.717) is 0 Å². The molecule has 2 aromatic heterocycles. The monoisotopic (exact) mass is 363 g/mol. The highest BCUT2D eigenvalue weighted by molar-refractivity contribution is 7.98. The second-order valence-electron chi connectivity index (χ2n) is 5.56. The number of rotatable bonds is 4. The number of pyridine rings is 1. The van der Waals surface area contributed by atoms with Crippen molar-refractivity contribution in [2.45, 2.75) is 10.8 Å². The molecular weight excluding hydrogens is 350 g/mol. The molecule has 3 nitrogen and oxygen atoms in total. The molecule has 25 heavy (non-hydrogen) atoms. The van der Waals surface area contributed by atoms with E-state index >= 15 is 0 Å². The van der Waals surface area contributed by atoms with Crippen LogP contribution in [0.2, 0.25) is 5.02 Å². The van der Waals surface area contributed by atoms with Crippen LogP contribution in [0, 0.1) is 0 Å². The molecule has 122 valence electrons. The average Bonchev–Trinajstić information content (AvgIpc) is 2.67. The van der Waals surface area contributed by atoms with Gasteiger partial charge in [-0.05, 0) is 29.8 Å². The van der Waals surface area contributed by atoms with E-state index in [0.717, 1.165) is 37.8 Å². The van der Waals surface area contributed by atoms with Crippen LogP contribution in [0.5, 0.6) is 0 Å². The summed E-state index contributed by atoms with van der Waals surface area (Å²) in [6.07, 6.45) is 3.57. The van der Waals surface area contributed by atoms with Crippen LogP contribution in [0.1, 0.15) is 5.56 Å². The summed E-state index contributed by atoms with van der Waals surface area (Å²) in [5.41, 5.74) is 2.99. The first kappa shape index (κ1) is 16.1. The molecule has 4 aromatic rings. The van der Waals surface area contributed by atoms with Gasteiger partial charge in [0.05, 0.1) is 0 Å². The standard InChI is InChI=1S/C20H14ClN3S/c21-16-7-3-5-14(11-16)13-25-20-18-9-2-1-8-17(18)19(23-24-20)15-6-4-10-22-12-15/h1-12H,13H2. The Morgan fingerprint density at radius 3 is 2.56 bits per heavy atom. The highest BCUT2D eigenvalue weighted by atomic mass is 35.5. The molecular formula is C20H14ClN3S. The molecule has 2 heterocycles. The van der Waals surface area contributed by atoms with Crippen molar-refractivity contribution in [1.82, 2.24) is 15.2 Å². The number of fused-ring (bicyclic) bond motifs is 1. The van der Waals surface area contributed by atoms with Crippen LogP contribution in [-0.2, 0) is 5.75 Å². The van der Waals surface area contributed by atoms with Crippen LogP contribution in [0.15, 0.2) is 78.1 Å². The zero-order valence-corrected chi connectivity index (χ0v) is 14.8. The molecule has 0 N–H and O–H groups in total. The highest BCUT2D eigenvalue weighted by Crippen LogP contribution is 2.32. The van der Waals surface area contributed by atoms with Gasteiger partial charge in [-0.25, -0.2) is 0 Å². The summed E-state index contributed by atoms with van der Waals surface area (Å²) in [4.78, 5) is 4.19. The van der Waals surface area contributed by atoms with Crippen molar-refractivity contribution in [1.29, 1.82) is 0 Å². The maximum Gasteiger partial charge on any atom is 0.127 e. The number of hydrogen-bond donors (Lipinski definition) is 0. The van der Waals surface area contributed by atoms with E-state index < -0.39 is 0 Å². The molecule has 0 saturated carbocycles. The van der Waals surface area contributed by atoms with Crippen LogP contribution < -0.4 is 0 Å². The average molecular weight is 364 g/mol. The summed E-state index contributed by atoms with van der Waals surface area (Å²) in [7, 11) is 0. The largest absolute Gasteiger partial charge is 0.264 e. The molecule has 0 unspecified atom stereocenters. The van der Waals surface area contributed by atoms with Crippen molar-refractivity contribution in [3.8, 4) is 11.3 Å². The number of hydrogen-bond acceptors (Lipinski definition) is 4. The molecule has 0 fully saturated rings. The molecule has 0 aliphatic rings. The first-order valence-corrected chi connectivity index (χ1v) is 9.21. The van der Waals surface area contributed by atoms with Crippen LogP contribution >= 0.6 is 23.4 Å². The zero-order chi connectivity index (χ0) is 17.1. The Balaban J connectivity index is 1.71. The summed E-state index contributed by atoms with van der Waals surface area (Å²) in [6.45, 7) is 0. The molecule has 0 bridgehead atoms. The summed E-state index contributed by atoms with van der Waals surface area (Å²) in [6, 6.07) is 20.0. The van der Waals surface area contributed by atoms with Gasteiger partial charge in [-0.2, -0.15) is 0 Å². The second-order valence-corrected chi connectivity index (χ2v) is 6.96. The van der Waals surface area contributed by atoms with Crippen LogP contribution in [0.4, 0.5) is 0 Å². The predicted molar refractivity (Wildman–Crippen MR) is 104 cm³/mol. The SMILES string of the molecule is Clc1cccc(CSc2nnc(-c3cccnc3)c3ccccc23)c1. The van der Waals surface area contributed by atoms with Gasteiger partial charge in [0, 0.05) is 39.5 Å². The van der Waals surface area contributed by atoms with Gasteiger partial charge in [-0.3, -0.25) is 4.98 Å². The summed E-state index contributed by atoms with van der Waals surface area (Å²) < 4.78 is 0. The molecule has 2 aromatic carbocycles.